The number of hydrogen-bond donors (Lipinski definition) is 2. The van der Waals surface area contributed by atoms with E-state index in [1.807, 2.05) is 0 Å². The fourth-order valence-corrected chi connectivity index (χ4v) is 1.04. The molecule has 1 aromatic rings. The summed E-state index contributed by atoms with van der Waals surface area (Å²) < 4.78 is 1.50. The quantitative estimate of drug-likeness (QED) is 0.701. The summed E-state index contributed by atoms with van der Waals surface area (Å²) in [6, 6.07) is 1.69. The molecule has 0 saturated heterocycles. The Morgan fingerprint density at radius 2 is 2.20 bits per heavy atom. The molecule has 1 aromatic heterocycles. The van der Waals surface area contributed by atoms with Gasteiger partial charge in [-0.3, -0.25) is 9.48 Å². The van der Waals surface area contributed by atoms with Gasteiger partial charge in [0.1, 0.15) is 5.82 Å². The van der Waals surface area contributed by atoms with Gasteiger partial charge < -0.3 is 10.4 Å². The molecule has 0 atom stereocenters. The molecule has 2 N–H and O–H groups in total. The first-order valence-electron chi connectivity index (χ1n) is 4.21. The summed E-state index contributed by atoms with van der Waals surface area (Å²) in [5.41, 5.74) is 0.773. The summed E-state index contributed by atoms with van der Waals surface area (Å²) in [5, 5.41) is 14.8. The van der Waals surface area contributed by atoms with Crippen LogP contribution in [0.2, 0.25) is 0 Å². The first kappa shape index (κ1) is 11.0. The average Bonchev–Trinajstić information content (AvgIpc) is 2.42. The molecule has 0 aliphatic heterocycles. The van der Waals surface area contributed by atoms with Crippen molar-refractivity contribution in [1.82, 2.24) is 9.78 Å². The van der Waals surface area contributed by atoms with Gasteiger partial charge >= 0.3 is 5.97 Å². The largest absolute Gasteiger partial charge is 0.478 e. The number of nitrogens with one attached hydrogen (secondary N) is 1. The lowest BCUT2D eigenvalue weighted by atomic mass is 10.4. The highest BCUT2D eigenvalue weighted by molar-refractivity contribution is 6.01. The van der Waals surface area contributed by atoms with E-state index < -0.39 is 11.9 Å². The third-order valence-corrected chi connectivity index (χ3v) is 1.63. The number of hydrogen-bond acceptors (Lipinski definition) is 3. The van der Waals surface area contributed by atoms with Gasteiger partial charge in [-0.15, -0.1) is 0 Å². The van der Waals surface area contributed by atoms with Crippen molar-refractivity contribution in [2.45, 2.75) is 6.92 Å². The minimum atomic E-state index is -1.16. The minimum Gasteiger partial charge on any atom is -0.478 e. The van der Waals surface area contributed by atoms with Gasteiger partial charge in [0.05, 0.1) is 5.69 Å². The van der Waals surface area contributed by atoms with E-state index in [4.69, 9.17) is 5.11 Å². The molecule has 1 rings (SSSR count). The van der Waals surface area contributed by atoms with Crippen LogP contribution in [0, 0.1) is 6.92 Å². The Labute approximate surface area is 86.2 Å². The zero-order valence-corrected chi connectivity index (χ0v) is 8.39. The predicted octanol–water partition coefficient (Wildman–Crippen LogP) is 0.308. The maximum atomic E-state index is 11.2. The Bertz CT molecular complexity index is 420. The third-order valence-electron chi connectivity index (χ3n) is 1.63. The molecule has 1 heterocycles. The molecule has 80 valence electrons. The molecule has 0 fully saturated rings. The zero-order chi connectivity index (χ0) is 11.4. The second-order valence-corrected chi connectivity index (χ2v) is 2.96. The number of carboxylic acid groups (broad SMARTS) is 1. The highest BCUT2D eigenvalue weighted by Crippen LogP contribution is 2.07. The SMILES string of the molecule is Cc1cc(NC(=O)/C=C\C(=O)O)n(C)n1. The molecule has 6 heteroatoms. The van der Waals surface area contributed by atoms with E-state index in [2.05, 4.69) is 10.4 Å². The van der Waals surface area contributed by atoms with Crippen LogP contribution in [0.1, 0.15) is 5.69 Å². The van der Waals surface area contributed by atoms with Gasteiger partial charge in [0.25, 0.3) is 0 Å². The summed E-state index contributed by atoms with van der Waals surface area (Å²) in [6.07, 6.45) is 1.73. The molecule has 15 heavy (non-hydrogen) atoms. The van der Waals surface area contributed by atoms with E-state index in [1.165, 1.54) is 4.68 Å². The lowest BCUT2D eigenvalue weighted by molar-refractivity contribution is -0.131. The molecule has 0 radical (unpaired) electrons. The van der Waals surface area contributed by atoms with Gasteiger partial charge in [-0.25, -0.2) is 4.79 Å². The standard InChI is InChI=1S/C9H11N3O3/c1-6-5-7(12(2)11-6)10-8(13)3-4-9(14)15/h3-5H,1-2H3,(H,10,13)(H,14,15)/b4-3-. The van der Waals surface area contributed by atoms with Crippen molar-refractivity contribution in [2.24, 2.45) is 7.05 Å². The van der Waals surface area contributed by atoms with Crippen LogP contribution in [0.25, 0.3) is 0 Å². The summed E-state index contributed by atoms with van der Waals surface area (Å²) in [4.78, 5) is 21.3. The number of amides is 1. The molecule has 0 unspecified atom stereocenters. The Morgan fingerprint density at radius 1 is 1.53 bits per heavy atom. The Kier molecular flexibility index (Phi) is 3.22. The molecule has 6 nitrogen and oxygen atoms in total. The van der Waals surface area contributed by atoms with Gasteiger partial charge in [0.2, 0.25) is 5.91 Å². The normalized spacial score (nSPS) is 10.5. The minimum absolute atomic E-state index is 0.500. The second kappa shape index (κ2) is 4.41. The van der Waals surface area contributed by atoms with Crippen LogP contribution in [0.4, 0.5) is 5.82 Å². The molecular weight excluding hydrogens is 198 g/mol. The van der Waals surface area contributed by atoms with Crippen molar-refractivity contribution in [1.29, 1.82) is 0 Å². The van der Waals surface area contributed by atoms with Gasteiger partial charge in [-0.05, 0) is 6.92 Å². The first-order valence-corrected chi connectivity index (χ1v) is 4.21. The molecule has 1 amide bonds. The molecule has 0 aromatic carbocycles. The molecular formula is C9H11N3O3. The number of aryl methyl sites for hydroxylation is 2. The monoisotopic (exact) mass is 209 g/mol. The maximum absolute atomic E-state index is 11.2. The maximum Gasteiger partial charge on any atom is 0.328 e. The van der Waals surface area contributed by atoms with Crippen molar-refractivity contribution < 1.29 is 14.7 Å². The summed E-state index contributed by atoms with van der Waals surface area (Å²) in [6.45, 7) is 1.79. The van der Waals surface area contributed by atoms with E-state index in [-0.39, 0.29) is 0 Å². The van der Waals surface area contributed by atoms with E-state index in [0.29, 0.717) is 5.82 Å². The predicted molar refractivity (Wildman–Crippen MR) is 53.4 cm³/mol. The van der Waals surface area contributed by atoms with Crippen LogP contribution in [-0.2, 0) is 16.6 Å². The van der Waals surface area contributed by atoms with E-state index in [0.717, 1.165) is 17.8 Å². The van der Waals surface area contributed by atoms with Crippen molar-refractivity contribution in [3.05, 3.63) is 23.9 Å². The van der Waals surface area contributed by atoms with E-state index >= 15 is 0 Å². The number of rotatable bonds is 3. The topological polar surface area (TPSA) is 84.2 Å². The summed E-state index contributed by atoms with van der Waals surface area (Å²) in [5.74, 6) is -1.14. The molecule has 0 saturated carbocycles. The number of anilines is 1. The molecule has 0 spiro atoms. The molecule has 0 bridgehead atoms. The zero-order valence-electron chi connectivity index (χ0n) is 8.39. The van der Waals surface area contributed by atoms with Crippen LogP contribution in [0.5, 0.6) is 0 Å². The Morgan fingerprint density at radius 3 is 2.67 bits per heavy atom. The molecule has 0 aliphatic carbocycles. The van der Waals surface area contributed by atoms with Gasteiger partial charge in [-0.1, -0.05) is 0 Å². The van der Waals surface area contributed by atoms with E-state index in [9.17, 15) is 9.59 Å². The number of aromatic nitrogens is 2. The van der Waals surface area contributed by atoms with Crippen molar-refractivity contribution in [3.63, 3.8) is 0 Å². The molecule has 0 aliphatic rings. The summed E-state index contributed by atoms with van der Waals surface area (Å²) in [7, 11) is 1.68. The third kappa shape index (κ3) is 3.26. The second-order valence-electron chi connectivity index (χ2n) is 2.96. The van der Waals surface area contributed by atoms with Crippen LogP contribution < -0.4 is 5.32 Å². The van der Waals surface area contributed by atoms with Crippen molar-refractivity contribution >= 4 is 17.7 Å². The van der Waals surface area contributed by atoms with Crippen LogP contribution >= 0.6 is 0 Å². The number of aliphatic carboxylic acids is 1. The van der Waals surface area contributed by atoms with Crippen molar-refractivity contribution in [3.8, 4) is 0 Å². The lowest BCUT2D eigenvalue weighted by Gasteiger charge is -2.00. The number of carboxylic acids is 1. The fourth-order valence-electron chi connectivity index (χ4n) is 1.04. The summed E-state index contributed by atoms with van der Waals surface area (Å²) >= 11 is 0. The van der Waals surface area contributed by atoms with Crippen LogP contribution in [-0.4, -0.2) is 26.8 Å². The number of carbonyl (C=O) groups excluding carboxylic acids is 1. The highest BCUT2D eigenvalue weighted by atomic mass is 16.4. The van der Waals surface area contributed by atoms with Crippen LogP contribution in [0.15, 0.2) is 18.2 Å². The fraction of sp³-hybridized carbons (Fsp3) is 0.222. The Hall–Kier alpha value is -2.11. The van der Waals surface area contributed by atoms with E-state index in [1.54, 1.807) is 20.0 Å². The first-order chi connectivity index (χ1) is 6.99. The lowest BCUT2D eigenvalue weighted by Crippen LogP contribution is -2.11. The number of nitrogens with zero attached hydrogens (tertiary/aromatic N) is 2. The average molecular weight is 209 g/mol. The number of carbonyl (C=O) groups is 2. The smallest absolute Gasteiger partial charge is 0.328 e. The van der Waals surface area contributed by atoms with Gasteiger partial charge in [0, 0.05) is 25.3 Å². The van der Waals surface area contributed by atoms with Crippen molar-refractivity contribution in [2.75, 3.05) is 5.32 Å². The Balaban J connectivity index is 2.66. The van der Waals surface area contributed by atoms with Gasteiger partial charge in [0.15, 0.2) is 0 Å². The van der Waals surface area contributed by atoms with Gasteiger partial charge in [-0.2, -0.15) is 5.10 Å². The highest BCUT2D eigenvalue weighted by Gasteiger charge is 2.04. The van der Waals surface area contributed by atoms with Crippen LogP contribution in [0.3, 0.4) is 0 Å².